The van der Waals surface area contributed by atoms with Crippen LogP contribution >= 0.6 is 7.75 Å². The number of hydrogen-bond acceptors (Lipinski definition) is 11. The molecule has 2 aliphatic rings. The van der Waals surface area contributed by atoms with E-state index >= 15 is 0 Å². The third-order valence-electron chi connectivity index (χ3n) is 7.75. The van der Waals surface area contributed by atoms with E-state index in [0.29, 0.717) is 5.52 Å². The van der Waals surface area contributed by atoms with Crippen LogP contribution in [-0.2, 0) is 23.4 Å². The van der Waals surface area contributed by atoms with Gasteiger partial charge in [-0.15, -0.1) is 0 Å². The molecule has 18 heteroatoms. The zero-order valence-electron chi connectivity index (χ0n) is 23.6. The summed E-state index contributed by atoms with van der Waals surface area (Å²) in [6.45, 7) is 0.368. The van der Waals surface area contributed by atoms with Crippen LogP contribution in [0.1, 0.15) is 32.6 Å². The number of para-hydroxylation sites is 1. The van der Waals surface area contributed by atoms with Gasteiger partial charge in [-0.1, -0.05) is 18.2 Å². The van der Waals surface area contributed by atoms with Crippen molar-refractivity contribution in [1.82, 2.24) is 19.7 Å². The molecular weight excluding hydrogens is 617 g/mol. The molecule has 7 atom stereocenters. The van der Waals surface area contributed by atoms with Gasteiger partial charge in [-0.05, 0) is 45.0 Å². The number of nitrogens with one attached hydrogen (secondary N) is 1. The van der Waals surface area contributed by atoms with Crippen LogP contribution in [0.4, 0.5) is 23.4 Å². The quantitative estimate of drug-likeness (QED) is 0.136. The van der Waals surface area contributed by atoms with E-state index in [1.807, 2.05) is 0 Å². The van der Waals surface area contributed by atoms with E-state index < -0.39 is 74.1 Å². The Bertz CT molecular complexity index is 1590. The van der Waals surface area contributed by atoms with Crippen LogP contribution in [0, 0.1) is 5.41 Å². The van der Waals surface area contributed by atoms with Crippen LogP contribution in [0.25, 0.3) is 5.52 Å². The van der Waals surface area contributed by atoms with Gasteiger partial charge in [0.1, 0.15) is 55.2 Å². The molecule has 1 aliphatic carbocycles. The number of benzene rings is 1. The number of hydrogen-bond donors (Lipinski definition) is 4. The average molecular weight is 648 g/mol. The number of alkyl halides is 4. The maximum Gasteiger partial charge on any atom is 0.459 e. The molecule has 44 heavy (non-hydrogen) atoms. The highest BCUT2D eigenvalue weighted by Gasteiger charge is 2.89. The van der Waals surface area contributed by atoms with Crippen molar-refractivity contribution in [3.63, 3.8) is 0 Å². The van der Waals surface area contributed by atoms with Crippen molar-refractivity contribution in [3.8, 4) is 5.75 Å². The van der Waals surface area contributed by atoms with Crippen LogP contribution in [-0.4, -0.2) is 79.7 Å². The molecule has 5 N–H and O–H groups in total. The molecule has 1 aliphatic heterocycles. The van der Waals surface area contributed by atoms with Crippen LogP contribution < -0.4 is 15.3 Å². The number of carbonyl (C=O) groups excluding carboxylic acids is 1. The third-order valence-corrected chi connectivity index (χ3v) is 9.40. The Morgan fingerprint density at radius 1 is 1.25 bits per heavy atom. The van der Waals surface area contributed by atoms with Gasteiger partial charge < -0.3 is 29.9 Å². The van der Waals surface area contributed by atoms with Crippen LogP contribution in [0.2, 0.25) is 0 Å². The lowest BCUT2D eigenvalue weighted by atomic mass is 9.94. The van der Waals surface area contributed by atoms with Gasteiger partial charge in [0.05, 0.1) is 11.1 Å². The number of aliphatic hydroxyl groups excluding tert-OH is 1. The highest BCUT2D eigenvalue weighted by molar-refractivity contribution is 7.52. The Hall–Kier alpha value is -3.34. The molecule has 1 saturated heterocycles. The summed E-state index contributed by atoms with van der Waals surface area (Å²) in [7, 11) is -4.78. The van der Waals surface area contributed by atoms with Crippen molar-refractivity contribution in [3.05, 3.63) is 54.5 Å². The first kappa shape index (κ1) is 32.1. The second-order valence-corrected chi connectivity index (χ2v) is 12.9. The molecule has 5 rings (SSSR count). The summed E-state index contributed by atoms with van der Waals surface area (Å²) >= 11 is 0. The fourth-order valence-electron chi connectivity index (χ4n) is 4.93. The predicted octanol–water partition coefficient (Wildman–Crippen LogP) is 2.88. The van der Waals surface area contributed by atoms with E-state index in [-0.39, 0.29) is 17.3 Å². The summed E-state index contributed by atoms with van der Waals surface area (Å²) in [5, 5.41) is 29.0. The first-order chi connectivity index (χ1) is 20.5. The number of anilines is 1. The van der Waals surface area contributed by atoms with Gasteiger partial charge in [-0.2, -0.15) is 23.4 Å². The summed E-state index contributed by atoms with van der Waals surface area (Å²) in [5.41, 5.74) is -0.639. The summed E-state index contributed by atoms with van der Waals surface area (Å²) < 4.78 is 91.3. The summed E-state index contributed by atoms with van der Waals surface area (Å²) in [5.74, 6) is -1.15. The number of halogens is 4. The summed E-state index contributed by atoms with van der Waals surface area (Å²) in [6.07, 6.45) is -8.48. The molecule has 1 aromatic carbocycles. The van der Waals surface area contributed by atoms with Crippen molar-refractivity contribution < 1.29 is 55.7 Å². The van der Waals surface area contributed by atoms with Crippen molar-refractivity contribution >= 4 is 25.1 Å². The Morgan fingerprint density at radius 2 is 1.93 bits per heavy atom. The molecule has 0 radical (unpaired) electrons. The number of esters is 1. The Balaban J connectivity index is 1.37. The number of nitrogens with two attached hydrogens (primary N) is 1. The normalized spacial score (nSPS) is 28.7. The molecule has 0 amide bonds. The SMILES string of the molecule is C[C@H](N[P@](=O)(Oc1ccccc1)OC1[C@@]2(CF)O[C@@H](c3ccc4c(N)ncnn34)[C@H](O)[C@@]12O)C(=O)OCC(C)(C)C(F)(F)F. The van der Waals surface area contributed by atoms with Gasteiger partial charge in [0.25, 0.3) is 0 Å². The van der Waals surface area contributed by atoms with E-state index in [4.69, 9.17) is 24.3 Å². The molecule has 3 aromatic rings. The molecule has 1 saturated carbocycles. The molecule has 3 heterocycles. The van der Waals surface area contributed by atoms with Crippen molar-refractivity contribution in [1.29, 1.82) is 0 Å². The topological polar surface area (TPSA) is 180 Å². The number of aliphatic hydroxyl groups is 2. The Morgan fingerprint density at radius 3 is 2.55 bits per heavy atom. The number of nitrogens with zero attached hydrogens (tertiary/aromatic N) is 3. The fourth-order valence-corrected chi connectivity index (χ4v) is 6.68. The van der Waals surface area contributed by atoms with Gasteiger partial charge >= 0.3 is 19.9 Å². The third kappa shape index (κ3) is 5.20. The lowest BCUT2D eigenvalue weighted by Gasteiger charge is -2.29. The molecule has 2 fully saturated rings. The van der Waals surface area contributed by atoms with Crippen LogP contribution in [0.5, 0.6) is 5.75 Å². The molecule has 13 nitrogen and oxygen atoms in total. The van der Waals surface area contributed by atoms with Crippen LogP contribution in [0.3, 0.4) is 0 Å². The number of aromatic nitrogens is 3. The van der Waals surface area contributed by atoms with Crippen molar-refractivity contribution in [2.45, 2.75) is 62.5 Å². The number of carbonyl (C=O) groups is 1. The number of nitrogen functional groups attached to an aromatic ring is 1. The number of rotatable bonds is 11. The molecule has 0 spiro atoms. The summed E-state index contributed by atoms with van der Waals surface area (Å²) in [4.78, 5) is 16.5. The van der Waals surface area contributed by atoms with Gasteiger partial charge in [-0.3, -0.25) is 9.32 Å². The minimum Gasteiger partial charge on any atom is -0.464 e. The fraction of sp³-hybridized carbons (Fsp3) is 0.500. The zero-order valence-corrected chi connectivity index (χ0v) is 24.5. The predicted molar refractivity (Wildman–Crippen MR) is 144 cm³/mol. The lowest BCUT2D eigenvalue weighted by molar-refractivity contribution is -0.226. The molecule has 2 aromatic heterocycles. The monoisotopic (exact) mass is 647 g/mol. The van der Waals surface area contributed by atoms with E-state index in [2.05, 4.69) is 15.2 Å². The number of fused-ring (bicyclic) bond motifs is 2. The van der Waals surface area contributed by atoms with E-state index in [1.165, 1.54) is 40.9 Å². The lowest BCUT2D eigenvalue weighted by Crippen LogP contribution is -2.41. The Kier molecular flexibility index (Phi) is 7.96. The number of ether oxygens (including phenoxy) is 2. The van der Waals surface area contributed by atoms with Gasteiger partial charge in [0.2, 0.25) is 0 Å². The second-order valence-electron chi connectivity index (χ2n) is 11.3. The first-order valence-electron chi connectivity index (χ1n) is 13.3. The smallest absolute Gasteiger partial charge is 0.459 e. The van der Waals surface area contributed by atoms with Crippen molar-refractivity contribution in [2.24, 2.45) is 5.41 Å². The van der Waals surface area contributed by atoms with Crippen LogP contribution in [0.15, 0.2) is 48.8 Å². The first-order valence-corrected chi connectivity index (χ1v) is 14.8. The molecule has 240 valence electrons. The maximum absolute atomic E-state index is 14.6. The van der Waals surface area contributed by atoms with E-state index in [1.54, 1.807) is 6.07 Å². The van der Waals surface area contributed by atoms with Crippen molar-refractivity contribution in [2.75, 3.05) is 19.0 Å². The zero-order chi connectivity index (χ0) is 32.3. The van der Waals surface area contributed by atoms with Gasteiger partial charge in [-0.25, -0.2) is 18.5 Å². The van der Waals surface area contributed by atoms with Gasteiger partial charge in [0.15, 0.2) is 17.0 Å². The largest absolute Gasteiger partial charge is 0.464 e. The minimum atomic E-state index is -4.78. The molecule has 0 bridgehead atoms. The van der Waals surface area contributed by atoms with Gasteiger partial charge in [0, 0.05) is 0 Å². The minimum absolute atomic E-state index is 0.0366. The standard InChI is InChI=1S/C26H30F4N5O8P/c1-14(21(37)40-12-23(2,3)26(28,29)30)34-44(39,42-15-7-5-4-6-8-15)43-22-24(11-27)25(22,38)19(36)18(41-24)16-9-10-17-20(31)32-13-33-35(16)17/h4-10,13-14,18-19,22,36,38H,11-12H2,1-3H3,(H,34,39)(H2,31,32,33)/t14-,18-,19-,22?,24+,25+,44-/m0/s1. The maximum atomic E-state index is 14.6. The highest BCUT2D eigenvalue weighted by atomic mass is 31.2. The Labute approximate surface area is 247 Å². The van der Waals surface area contributed by atoms with E-state index in [9.17, 15) is 37.1 Å². The molecular formula is C26H30F4N5O8P. The van der Waals surface area contributed by atoms with E-state index in [0.717, 1.165) is 27.1 Å². The summed E-state index contributed by atoms with van der Waals surface area (Å²) in [6, 6.07) is 8.88. The highest BCUT2D eigenvalue weighted by Crippen LogP contribution is 2.68. The molecule has 1 unspecified atom stereocenters. The average Bonchev–Trinajstić information content (AvgIpc) is 3.21. The second kappa shape index (κ2) is 10.9.